The molecule has 2 unspecified atom stereocenters. The molecule has 0 bridgehead atoms. The SMILES string of the molecule is CCC(NC(=O)C1Cc2ccccc2CN1)c1cccs1. The number of nitrogens with one attached hydrogen (secondary N) is 2. The standard InChI is InChI=1S/C17H20N2OS/c1-2-14(16-8-5-9-21-16)19-17(20)15-10-12-6-3-4-7-13(12)11-18-15/h3-9,14-15,18H,2,10-11H2,1H3,(H,19,20). The van der Waals surface area contributed by atoms with Crippen molar-refractivity contribution >= 4 is 17.2 Å². The number of thiophene rings is 1. The third-order valence-corrected chi connectivity index (χ3v) is 5.00. The summed E-state index contributed by atoms with van der Waals surface area (Å²) in [6.45, 7) is 2.87. The molecule has 1 aromatic carbocycles. The Kier molecular flexibility index (Phi) is 4.36. The van der Waals surface area contributed by atoms with Gasteiger partial charge in [-0.05, 0) is 35.4 Å². The Morgan fingerprint density at radius 2 is 2.14 bits per heavy atom. The van der Waals surface area contributed by atoms with Gasteiger partial charge in [-0.15, -0.1) is 11.3 Å². The summed E-state index contributed by atoms with van der Waals surface area (Å²) in [6, 6.07) is 12.4. The number of hydrogen-bond acceptors (Lipinski definition) is 3. The fraction of sp³-hybridized carbons (Fsp3) is 0.353. The van der Waals surface area contributed by atoms with Crippen molar-refractivity contribution in [3.05, 3.63) is 57.8 Å². The van der Waals surface area contributed by atoms with Gasteiger partial charge in [-0.1, -0.05) is 37.3 Å². The van der Waals surface area contributed by atoms with Gasteiger partial charge in [-0.25, -0.2) is 0 Å². The molecule has 2 atom stereocenters. The number of amides is 1. The van der Waals surface area contributed by atoms with Crippen molar-refractivity contribution in [1.29, 1.82) is 0 Å². The molecular weight excluding hydrogens is 280 g/mol. The van der Waals surface area contributed by atoms with Gasteiger partial charge in [0.1, 0.15) is 0 Å². The molecule has 0 saturated heterocycles. The van der Waals surface area contributed by atoms with E-state index in [2.05, 4.69) is 41.1 Å². The zero-order valence-electron chi connectivity index (χ0n) is 12.1. The van der Waals surface area contributed by atoms with Gasteiger partial charge in [-0.3, -0.25) is 4.79 Å². The largest absolute Gasteiger partial charge is 0.347 e. The van der Waals surface area contributed by atoms with Crippen LogP contribution in [0.4, 0.5) is 0 Å². The van der Waals surface area contributed by atoms with Crippen molar-refractivity contribution in [3.8, 4) is 0 Å². The Labute approximate surface area is 129 Å². The predicted molar refractivity (Wildman–Crippen MR) is 86.3 cm³/mol. The van der Waals surface area contributed by atoms with Gasteiger partial charge in [0.15, 0.2) is 0 Å². The van der Waals surface area contributed by atoms with E-state index in [1.54, 1.807) is 11.3 Å². The van der Waals surface area contributed by atoms with E-state index in [0.29, 0.717) is 0 Å². The van der Waals surface area contributed by atoms with Crippen LogP contribution in [0.5, 0.6) is 0 Å². The monoisotopic (exact) mass is 300 g/mol. The molecule has 2 heterocycles. The Balaban J connectivity index is 1.66. The van der Waals surface area contributed by atoms with E-state index >= 15 is 0 Å². The zero-order valence-corrected chi connectivity index (χ0v) is 13.0. The van der Waals surface area contributed by atoms with E-state index in [0.717, 1.165) is 19.4 Å². The van der Waals surface area contributed by atoms with Crippen LogP contribution >= 0.6 is 11.3 Å². The second kappa shape index (κ2) is 6.41. The maximum absolute atomic E-state index is 12.5. The second-order valence-corrected chi connectivity index (χ2v) is 6.37. The van der Waals surface area contributed by atoms with Gasteiger partial charge >= 0.3 is 0 Å². The minimum absolute atomic E-state index is 0.102. The van der Waals surface area contributed by atoms with Crippen LogP contribution < -0.4 is 10.6 Å². The second-order valence-electron chi connectivity index (χ2n) is 5.39. The molecule has 1 aromatic heterocycles. The molecule has 0 radical (unpaired) electrons. The highest BCUT2D eigenvalue weighted by Crippen LogP contribution is 2.22. The fourth-order valence-electron chi connectivity index (χ4n) is 2.78. The number of hydrogen-bond donors (Lipinski definition) is 2. The third-order valence-electron chi connectivity index (χ3n) is 4.01. The van der Waals surface area contributed by atoms with Crippen molar-refractivity contribution in [3.63, 3.8) is 0 Å². The molecule has 4 heteroatoms. The average molecular weight is 300 g/mol. The fourth-order valence-corrected chi connectivity index (χ4v) is 3.64. The molecule has 21 heavy (non-hydrogen) atoms. The van der Waals surface area contributed by atoms with Gasteiger partial charge in [0, 0.05) is 11.4 Å². The highest BCUT2D eigenvalue weighted by atomic mass is 32.1. The van der Waals surface area contributed by atoms with Crippen molar-refractivity contribution in [2.75, 3.05) is 0 Å². The molecule has 1 aliphatic heterocycles. The van der Waals surface area contributed by atoms with Gasteiger partial charge in [0.25, 0.3) is 0 Å². The summed E-state index contributed by atoms with van der Waals surface area (Å²) in [5.74, 6) is 0.102. The topological polar surface area (TPSA) is 41.1 Å². The number of benzene rings is 1. The highest BCUT2D eigenvalue weighted by molar-refractivity contribution is 7.10. The zero-order chi connectivity index (χ0) is 14.7. The van der Waals surface area contributed by atoms with Crippen LogP contribution in [0.25, 0.3) is 0 Å². The Hall–Kier alpha value is -1.65. The van der Waals surface area contributed by atoms with E-state index in [9.17, 15) is 4.79 Å². The Morgan fingerprint density at radius 1 is 1.33 bits per heavy atom. The van der Waals surface area contributed by atoms with Crippen LogP contribution in [0.15, 0.2) is 41.8 Å². The molecule has 2 aromatic rings. The summed E-state index contributed by atoms with van der Waals surface area (Å²) < 4.78 is 0. The number of rotatable bonds is 4. The molecular formula is C17H20N2OS. The summed E-state index contributed by atoms with van der Waals surface area (Å²) in [5.41, 5.74) is 2.58. The first-order valence-corrected chi connectivity index (χ1v) is 8.30. The lowest BCUT2D eigenvalue weighted by Gasteiger charge is -2.27. The first-order valence-electron chi connectivity index (χ1n) is 7.42. The molecule has 0 fully saturated rings. The molecule has 1 aliphatic rings. The van der Waals surface area contributed by atoms with Crippen LogP contribution in [0, 0.1) is 0 Å². The molecule has 0 saturated carbocycles. The first kappa shape index (κ1) is 14.3. The minimum atomic E-state index is -0.131. The van der Waals surface area contributed by atoms with Crippen LogP contribution in [0.3, 0.4) is 0 Å². The molecule has 2 N–H and O–H groups in total. The summed E-state index contributed by atoms with van der Waals surface area (Å²) in [6.07, 6.45) is 1.68. The number of carbonyl (C=O) groups is 1. The summed E-state index contributed by atoms with van der Waals surface area (Å²) in [4.78, 5) is 13.7. The van der Waals surface area contributed by atoms with E-state index in [4.69, 9.17) is 0 Å². The average Bonchev–Trinajstić information content (AvgIpc) is 3.06. The van der Waals surface area contributed by atoms with Gasteiger partial charge < -0.3 is 10.6 Å². The molecule has 0 aliphatic carbocycles. The molecule has 3 rings (SSSR count). The predicted octanol–water partition coefficient (Wildman–Crippen LogP) is 3.03. The van der Waals surface area contributed by atoms with Crippen LogP contribution in [0.1, 0.15) is 35.4 Å². The quantitative estimate of drug-likeness (QED) is 0.911. The molecule has 110 valence electrons. The highest BCUT2D eigenvalue weighted by Gasteiger charge is 2.25. The van der Waals surface area contributed by atoms with Crippen molar-refractivity contribution in [2.45, 2.75) is 38.4 Å². The van der Waals surface area contributed by atoms with E-state index in [1.807, 2.05) is 18.2 Å². The Bertz CT molecular complexity index is 609. The maximum Gasteiger partial charge on any atom is 0.237 e. The van der Waals surface area contributed by atoms with Crippen LogP contribution in [-0.2, 0) is 17.8 Å². The van der Waals surface area contributed by atoms with Gasteiger partial charge in [0.05, 0.1) is 12.1 Å². The summed E-state index contributed by atoms with van der Waals surface area (Å²) in [5, 5.41) is 8.57. The lowest BCUT2D eigenvalue weighted by molar-refractivity contribution is -0.124. The number of fused-ring (bicyclic) bond motifs is 1. The Morgan fingerprint density at radius 3 is 2.86 bits per heavy atom. The summed E-state index contributed by atoms with van der Waals surface area (Å²) >= 11 is 1.70. The van der Waals surface area contributed by atoms with Gasteiger partial charge in [-0.2, -0.15) is 0 Å². The van der Waals surface area contributed by atoms with E-state index in [1.165, 1.54) is 16.0 Å². The number of carbonyl (C=O) groups excluding carboxylic acids is 1. The smallest absolute Gasteiger partial charge is 0.237 e. The lowest BCUT2D eigenvalue weighted by Crippen LogP contribution is -2.48. The van der Waals surface area contributed by atoms with Crippen LogP contribution in [-0.4, -0.2) is 11.9 Å². The maximum atomic E-state index is 12.5. The van der Waals surface area contributed by atoms with Crippen molar-refractivity contribution in [1.82, 2.24) is 10.6 Å². The van der Waals surface area contributed by atoms with Gasteiger partial charge in [0.2, 0.25) is 5.91 Å². The minimum Gasteiger partial charge on any atom is -0.347 e. The lowest BCUT2D eigenvalue weighted by atomic mass is 9.95. The molecule has 3 nitrogen and oxygen atoms in total. The van der Waals surface area contributed by atoms with Crippen molar-refractivity contribution < 1.29 is 4.79 Å². The summed E-state index contributed by atoms with van der Waals surface area (Å²) in [7, 11) is 0. The third kappa shape index (κ3) is 3.17. The molecule has 0 spiro atoms. The van der Waals surface area contributed by atoms with Crippen LogP contribution in [0.2, 0.25) is 0 Å². The van der Waals surface area contributed by atoms with E-state index in [-0.39, 0.29) is 18.0 Å². The van der Waals surface area contributed by atoms with Crippen molar-refractivity contribution in [2.24, 2.45) is 0 Å². The molecule has 1 amide bonds. The van der Waals surface area contributed by atoms with E-state index < -0.39 is 0 Å². The first-order chi connectivity index (χ1) is 10.3. The normalized spacial score (nSPS) is 18.8.